The fourth-order valence-electron chi connectivity index (χ4n) is 1.96. The molecular formula is C18H22Br2O4. The molecule has 0 fully saturated rings. The Balaban J connectivity index is 0.000000238. The lowest BCUT2D eigenvalue weighted by atomic mass is 10.2. The van der Waals surface area contributed by atoms with Crippen molar-refractivity contribution in [1.82, 2.24) is 0 Å². The lowest BCUT2D eigenvalue weighted by Gasteiger charge is -2.32. The molecule has 0 radical (unpaired) electrons. The number of aliphatic hydroxyl groups excluding tert-OH is 1. The number of rotatable bonds is 1. The van der Waals surface area contributed by atoms with E-state index in [-0.39, 0.29) is 19.8 Å². The van der Waals surface area contributed by atoms with Gasteiger partial charge in [-0.1, -0.05) is 51.4 Å². The molecule has 2 N–H and O–H groups in total. The molecule has 4 nitrogen and oxygen atoms in total. The molecule has 2 aromatic carbocycles. The molecule has 24 heavy (non-hydrogen) atoms. The molecule has 0 bridgehead atoms. The monoisotopic (exact) mass is 460 g/mol. The minimum Gasteiger partial charge on any atom is -0.508 e. The lowest BCUT2D eigenvalue weighted by molar-refractivity contribution is -0.180. The number of phenols is 1. The molecule has 1 heterocycles. The summed E-state index contributed by atoms with van der Waals surface area (Å²) >= 11 is 6.59. The fourth-order valence-corrected chi connectivity index (χ4v) is 2.65. The van der Waals surface area contributed by atoms with Crippen molar-refractivity contribution in [3.63, 3.8) is 0 Å². The van der Waals surface area contributed by atoms with Gasteiger partial charge in [0.15, 0.2) is 0 Å². The second-order valence-electron chi connectivity index (χ2n) is 5.47. The van der Waals surface area contributed by atoms with E-state index in [1.54, 1.807) is 18.2 Å². The minimum absolute atomic E-state index is 0. The summed E-state index contributed by atoms with van der Waals surface area (Å²) in [6, 6.07) is 11.0. The molecule has 0 spiro atoms. The highest BCUT2D eigenvalue weighted by atomic mass is 79.9. The number of hydrogen-bond acceptors (Lipinski definition) is 4. The van der Waals surface area contributed by atoms with E-state index >= 15 is 0 Å². The maximum atomic E-state index is 9.10. The van der Waals surface area contributed by atoms with E-state index in [1.807, 2.05) is 32.0 Å². The molecule has 0 unspecified atom stereocenters. The largest absolute Gasteiger partial charge is 0.508 e. The summed E-state index contributed by atoms with van der Waals surface area (Å²) in [7, 11) is 0. The zero-order valence-electron chi connectivity index (χ0n) is 12.8. The number of fused-ring (bicyclic) bond motifs is 1. The third-order valence-corrected chi connectivity index (χ3v) is 4.16. The van der Waals surface area contributed by atoms with Gasteiger partial charge in [-0.15, -0.1) is 0 Å². The van der Waals surface area contributed by atoms with Gasteiger partial charge in [0.05, 0.1) is 13.2 Å². The summed E-state index contributed by atoms with van der Waals surface area (Å²) in [6.45, 7) is 4.32. The first-order valence-corrected chi connectivity index (χ1v) is 8.59. The quantitative estimate of drug-likeness (QED) is 0.598. The zero-order valence-corrected chi connectivity index (χ0v) is 16.0. The molecule has 6 heteroatoms. The van der Waals surface area contributed by atoms with E-state index in [0.717, 1.165) is 20.3 Å². The van der Waals surface area contributed by atoms with E-state index in [0.29, 0.717) is 12.2 Å². The van der Waals surface area contributed by atoms with Crippen LogP contribution in [0.2, 0.25) is 0 Å². The van der Waals surface area contributed by atoms with Gasteiger partial charge in [0.25, 0.3) is 0 Å². The third kappa shape index (κ3) is 5.77. The average molecular weight is 462 g/mol. The van der Waals surface area contributed by atoms with Crippen LogP contribution in [0.1, 0.15) is 32.4 Å². The maximum absolute atomic E-state index is 9.10. The van der Waals surface area contributed by atoms with Gasteiger partial charge in [0, 0.05) is 33.9 Å². The number of aliphatic hydroxyl groups is 1. The van der Waals surface area contributed by atoms with Gasteiger partial charge < -0.3 is 19.7 Å². The second-order valence-corrected chi connectivity index (χ2v) is 7.31. The van der Waals surface area contributed by atoms with E-state index < -0.39 is 5.79 Å². The van der Waals surface area contributed by atoms with E-state index in [4.69, 9.17) is 19.7 Å². The van der Waals surface area contributed by atoms with Crippen LogP contribution in [0.15, 0.2) is 45.3 Å². The Morgan fingerprint density at radius 2 is 1.71 bits per heavy atom. The second kappa shape index (κ2) is 8.85. The smallest absolute Gasteiger partial charge is 0.205 e. The van der Waals surface area contributed by atoms with Crippen LogP contribution in [0.3, 0.4) is 0 Å². The molecule has 0 aromatic heterocycles. The molecule has 0 saturated heterocycles. The van der Waals surface area contributed by atoms with Gasteiger partial charge in [0.1, 0.15) is 11.5 Å². The van der Waals surface area contributed by atoms with Gasteiger partial charge in [-0.05, 0) is 24.3 Å². The van der Waals surface area contributed by atoms with Crippen molar-refractivity contribution in [2.45, 2.75) is 40.3 Å². The number of aromatic hydroxyl groups is 1. The van der Waals surface area contributed by atoms with Crippen LogP contribution in [0.5, 0.6) is 11.5 Å². The van der Waals surface area contributed by atoms with Gasteiger partial charge >= 0.3 is 0 Å². The van der Waals surface area contributed by atoms with Gasteiger partial charge in [0.2, 0.25) is 5.79 Å². The third-order valence-electron chi connectivity index (χ3n) is 3.18. The maximum Gasteiger partial charge on any atom is 0.205 e. The summed E-state index contributed by atoms with van der Waals surface area (Å²) in [6.07, 6.45) is 0. The van der Waals surface area contributed by atoms with E-state index in [2.05, 4.69) is 31.9 Å². The predicted octanol–water partition coefficient (Wildman–Crippen LogP) is 5.38. The number of ether oxygens (including phenoxy) is 2. The summed E-state index contributed by atoms with van der Waals surface area (Å²) in [5, 5.41) is 17.7. The molecule has 1 aliphatic heterocycles. The van der Waals surface area contributed by atoms with Gasteiger partial charge in [-0.2, -0.15) is 0 Å². The zero-order chi connectivity index (χ0) is 17.0. The fraction of sp³-hybridized carbons (Fsp3) is 0.333. The Bertz CT molecular complexity index is 687. The molecule has 1 aliphatic rings. The van der Waals surface area contributed by atoms with Crippen LogP contribution in [-0.4, -0.2) is 16.0 Å². The predicted molar refractivity (Wildman–Crippen MR) is 102 cm³/mol. The Morgan fingerprint density at radius 3 is 2.33 bits per heavy atom. The summed E-state index contributed by atoms with van der Waals surface area (Å²) in [5.41, 5.74) is 1.64. The van der Waals surface area contributed by atoms with Crippen molar-refractivity contribution < 1.29 is 19.7 Å². The first-order chi connectivity index (χ1) is 10.8. The first kappa shape index (κ1) is 21.0. The van der Waals surface area contributed by atoms with Crippen LogP contribution in [0.25, 0.3) is 0 Å². The number of hydrogen-bond donors (Lipinski definition) is 2. The molecule has 2 aromatic rings. The molecule has 0 aliphatic carbocycles. The minimum atomic E-state index is -0.506. The highest BCUT2D eigenvalue weighted by Crippen LogP contribution is 2.33. The Labute approximate surface area is 159 Å². The van der Waals surface area contributed by atoms with Crippen molar-refractivity contribution in [3.8, 4) is 11.5 Å². The highest BCUT2D eigenvalue weighted by molar-refractivity contribution is 9.10. The summed E-state index contributed by atoms with van der Waals surface area (Å²) in [5.74, 6) is 0.524. The number of benzene rings is 2. The standard InChI is InChI=1S/C10H11BrO2.C7H7BrO2.CH4/c1-10(2)12-6-7-3-4-8(11)5-9(7)13-10;8-6-2-1-5(4-9)7(10)3-6;/h3-5H,6H2,1-2H3;1-3,9-10H,4H2;1H4. The Hall–Kier alpha value is -1.08. The van der Waals surface area contributed by atoms with Gasteiger partial charge in [-0.25, -0.2) is 0 Å². The van der Waals surface area contributed by atoms with Crippen LogP contribution in [0, 0.1) is 0 Å². The lowest BCUT2D eigenvalue weighted by Crippen LogP contribution is -2.35. The Kier molecular flexibility index (Phi) is 7.73. The van der Waals surface area contributed by atoms with Crippen molar-refractivity contribution in [1.29, 1.82) is 0 Å². The van der Waals surface area contributed by atoms with Crippen LogP contribution >= 0.6 is 31.9 Å². The topological polar surface area (TPSA) is 58.9 Å². The highest BCUT2D eigenvalue weighted by Gasteiger charge is 2.26. The molecule has 3 rings (SSSR count). The van der Waals surface area contributed by atoms with Crippen molar-refractivity contribution >= 4 is 31.9 Å². The van der Waals surface area contributed by atoms with Crippen molar-refractivity contribution in [3.05, 3.63) is 56.5 Å². The van der Waals surface area contributed by atoms with Crippen LogP contribution in [0.4, 0.5) is 0 Å². The molecule has 0 atom stereocenters. The molecular weight excluding hydrogens is 440 g/mol. The summed E-state index contributed by atoms with van der Waals surface area (Å²) in [4.78, 5) is 0. The first-order valence-electron chi connectivity index (χ1n) is 7.00. The molecule has 132 valence electrons. The van der Waals surface area contributed by atoms with Gasteiger partial charge in [-0.3, -0.25) is 0 Å². The average Bonchev–Trinajstić information content (AvgIpc) is 2.46. The van der Waals surface area contributed by atoms with Crippen molar-refractivity contribution in [2.75, 3.05) is 0 Å². The molecule has 0 amide bonds. The normalized spacial score (nSPS) is 14.4. The van der Waals surface area contributed by atoms with Crippen molar-refractivity contribution in [2.24, 2.45) is 0 Å². The van der Waals surface area contributed by atoms with Crippen LogP contribution < -0.4 is 4.74 Å². The van der Waals surface area contributed by atoms with E-state index in [9.17, 15) is 0 Å². The van der Waals surface area contributed by atoms with Crippen LogP contribution in [-0.2, 0) is 18.0 Å². The molecule has 0 saturated carbocycles. The number of halogens is 2. The Morgan fingerprint density at radius 1 is 1.08 bits per heavy atom. The summed E-state index contributed by atoms with van der Waals surface area (Å²) < 4.78 is 13.0. The van der Waals surface area contributed by atoms with E-state index in [1.165, 1.54) is 0 Å². The SMILES string of the molecule is C.CC1(C)OCc2ccc(Br)cc2O1.OCc1ccc(Br)cc1O.